The molecule has 0 N–H and O–H groups in total. The van der Waals surface area contributed by atoms with Crippen molar-refractivity contribution in [3.8, 4) is 0 Å². The molecule has 260 valence electrons. The number of thiocarbonyl (C=S) groups is 4. The van der Waals surface area contributed by atoms with Gasteiger partial charge in [0.1, 0.15) is 20.0 Å². The minimum atomic E-state index is 0.290. The molecule has 0 bridgehead atoms. The number of ether oxygens (including phenoxy) is 2. The van der Waals surface area contributed by atoms with Gasteiger partial charge in [0.15, 0.2) is 0 Å². The van der Waals surface area contributed by atoms with Gasteiger partial charge in [-0.15, -0.1) is 0 Å². The van der Waals surface area contributed by atoms with Gasteiger partial charge in [-0.05, 0) is 22.3 Å². The molecule has 4 aromatic carbocycles. The molecule has 1 heterocycles. The molecule has 6 nitrogen and oxygen atoms in total. The Labute approximate surface area is 318 Å². The molecule has 1 fully saturated rings. The van der Waals surface area contributed by atoms with E-state index < -0.39 is 0 Å². The summed E-state index contributed by atoms with van der Waals surface area (Å²) in [6, 6.07) is 41.5. The molecule has 1 aliphatic rings. The number of benzene rings is 4. The summed E-state index contributed by atoms with van der Waals surface area (Å²) in [5.74, 6) is 0. The second-order valence-electron chi connectivity index (χ2n) is 12.2. The monoisotopic (exact) mass is 740 g/mol. The maximum absolute atomic E-state index is 6.26. The van der Waals surface area contributed by atoms with Gasteiger partial charge >= 0.3 is 0 Å². The van der Waals surface area contributed by atoms with Crippen LogP contribution in [-0.4, -0.2) is 92.2 Å². The lowest BCUT2D eigenvalue weighted by molar-refractivity contribution is 0.182. The van der Waals surface area contributed by atoms with E-state index in [0.717, 1.165) is 20.0 Å². The number of rotatable bonds is 8. The molecule has 0 unspecified atom stereocenters. The van der Waals surface area contributed by atoms with Gasteiger partial charge in [-0.1, -0.05) is 170 Å². The predicted molar refractivity (Wildman–Crippen MR) is 219 cm³/mol. The second kappa shape index (κ2) is 20.3. The highest BCUT2D eigenvalue weighted by Gasteiger charge is 2.20. The molecule has 0 saturated carbocycles. The van der Waals surface area contributed by atoms with Crippen LogP contribution in [0, 0.1) is 0 Å². The molecule has 0 aromatic heterocycles. The van der Waals surface area contributed by atoms with Gasteiger partial charge in [-0.25, -0.2) is 0 Å². The van der Waals surface area contributed by atoms with Crippen molar-refractivity contribution in [1.82, 2.24) is 19.6 Å². The zero-order valence-corrected chi connectivity index (χ0v) is 31.5. The molecule has 0 amide bonds. The Morgan fingerprint density at radius 2 is 0.540 bits per heavy atom. The summed E-state index contributed by atoms with van der Waals surface area (Å²) in [5, 5.41) is 0. The van der Waals surface area contributed by atoms with E-state index in [9.17, 15) is 0 Å². The fraction of sp³-hybridized carbons (Fsp3) is 0.300. The second-order valence-corrected chi connectivity index (χ2v) is 14.1. The normalized spacial score (nSPS) is 16.3. The van der Waals surface area contributed by atoms with Crippen molar-refractivity contribution in [3.63, 3.8) is 0 Å². The van der Waals surface area contributed by atoms with Crippen LogP contribution in [0.3, 0.4) is 0 Å². The first-order valence-corrected chi connectivity index (χ1v) is 18.5. The van der Waals surface area contributed by atoms with E-state index in [1.54, 1.807) is 0 Å². The van der Waals surface area contributed by atoms with Crippen LogP contribution in [0.4, 0.5) is 0 Å². The van der Waals surface area contributed by atoms with Crippen molar-refractivity contribution >= 4 is 68.8 Å². The van der Waals surface area contributed by atoms with Crippen molar-refractivity contribution in [2.24, 2.45) is 0 Å². The van der Waals surface area contributed by atoms with E-state index in [4.69, 9.17) is 58.3 Å². The largest absolute Gasteiger partial charge is 0.367 e. The summed E-state index contributed by atoms with van der Waals surface area (Å²) in [6.45, 7) is 6.49. The van der Waals surface area contributed by atoms with E-state index in [0.29, 0.717) is 52.4 Å². The Bertz CT molecular complexity index is 1410. The van der Waals surface area contributed by atoms with Crippen LogP contribution < -0.4 is 0 Å². The van der Waals surface area contributed by atoms with Crippen LogP contribution in [0.2, 0.25) is 0 Å². The lowest BCUT2D eigenvalue weighted by Crippen LogP contribution is -2.44. The van der Waals surface area contributed by atoms with Gasteiger partial charge in [0.05, 0.1) is 26.4 Å². The summed E-state index contributed by atoms with van der Waals surface area (Å²) in [5.41, 5.74) is 4.71. The minimum Gasteiger partial charge on any atom is -0.367 e. The third-order valence-corrected chi connectivity index (χ3v) is 9.96. The fourth-order valence-electron chi connectivity index (χ4n) is 5.68. The first-order valence-electron chi connectivity index (χ1n) is 16.9. The zero-order valence-electron chi connectivity index (χ0n) is 28.3. The average Bonchev–Trinajstić information content (AvgIpc) is 3.14. The first kappa shape index (κ1) is 37.6. The summed E-state index contributed by atoms with van der Waals surface area (Å²) in [7, 11) is 0. The summed E-state index contributed by atoms with van der Waals surface area (Å²) in [4.78, 5) is 11.7. The molecule has 1 saturated heterocycles. The minimum absolute atomic E-state index is 0.290. The highest BCUT2D eigenvalue weighted by atomic mass is 32.1. The Balaban J connectivity index is 1.38. The van der Waals surface area contributed by atoms with Crippen LogP contribution >= 0.6 is 48.9 Å². The standard InChI is InChI=1S/C40H44N4O2S4/c47-37-29-45-30-39(49)43(27-35-17-9-3-10-18-35)23-24-44(28-36-19-11-4-12-20-36)40(50)32-46-31-38(48)42(26-34-15-7-2-8-16-34)22-21-41(37)25-33-13-5-1-6-14-33/h1-20H,21-32H2. The fourth-order valence-corrected chi connectivity index (χ4v) is 6.64. The Morgan fingerprint density at radius 1 is 0.340 bits per heavy atom. The van der Waals surface area contributed by atoms with Crippen LogP contribution in [0.15, 0.2) is 121 Å². The first-order chi connectivity index (χ1) is 24.4. The lowest BCUT2D eigenvalue weighted by Gasteiger charge is -2.33. The maximum Gasteiger partial charge on any atom is 0.104 e. The van der Waals surface area contributed by atoms with Crippen LogP contribution in [0.25, 0.3) is 0 Å². The zero-order chi connectivity index (χ0) is 35.0. The van der Waals surface area contributed by atoms with Crippen LogP contribution in [0.1, 0.15) is 22.3 Å². The Kier molecular flexibility index (Phi) is 15.2. The third kappa shape index (κ3) is 12.3. The van der Waals surface area contributed by atoms with Crippen molar-refractivity contribution in [3.05, 3.63) is 144 Å². The molecule has 0 radical (unpaired) electrons. The van der Waals surface area contributed by atoms with Gasteiger partial charge < -0.3 is 29.1 Å². The maximum atomic E-state index is 6.26. The predicted octanol–water partition coefficient (Wildman–Crippen LogP) is 7.35. The van der Waals surface area contributed by atoms with Crippen LogP contribution in [-0.2, 0) is 35.7 Å². The molecule has 0 aliphatic carbocycles. The highest BCUT2D eigenvalue weighted by molar-refractivity contribution is 7.81. The average molecular weight is 741 g/mol. The molecule has 0 spiro atoms. The molecule has 50 heavy (non-hydrogen) atoms. The van der Waals surface area contributed by atoms with Crippen molar-refractivity contribution in [2.45, 2.75) is 26.2 Å². The quantitative estimate of drug-likeness (QED) is 0.171. The number of hydrogen-bond donors (Lipinski definition) is 0. The van der Waals surface area contributed by atoms with Crippen molar-refractivity contribution in [2.75, 3.05) is 52.6 Å². The van der Waals surface area contributed by atoms with Gasteiger partial charge in [0.25, 0.3) is 0 Å². The highest BCUT2D eigenvalue weighted by Crippen LogP contribution is 2.13. The number of hydrogen-bond acceptors (Lipinski definition) is 6. The molecule has 5 rings (SSSR count). The van der Waals surface area contributed by atoms with E-state index in [-0.39, 0.29) is 26.4 Å². The molecule has 4 aromatic rings. The SMILES string of the molecule is S=C1COCC(=S)N(Cc2ccccc2)CCN(Cc2ccccc2)C(=S)COCC(=S)N(Cc2ccccc2)CCN1Cc1ccccc1. The van der Waals surface area contributed by atoms with Gasteiger partial charge in [-0.3, -0.25) is 0 Å². The molecule has 0 atom stereocenters. The molecular formula is C40H44N4O2S4. The molecule has 1 aliphatic heterocycles. The van der Waals surface area contributed by atoms with Gasteiger partial charge in [-0.2, -0.15) is 0 Å². The Hall–Kier alpha value is -3.64. The molecular weight excluding hydrogens is 697 g/mol. The van der Waals surface area contributed by atoms with E-state index >= 15 is 0 Å². The van der Waals surface area contributed by atoms with Gasteiger partial charge in [0, 0.05) is 52.4 Å². The lowest BCUT2D eigenvalue weighted by atomic mass is 10.2. The Morgan fingerprint density at radius 3 is 0.740 bits per heavy atom. The molecule has 10 heteroatoms. The third-order valence-electron chi connectivity index (χ3n) is 8.46. The topological polar surface area (TPSA) is 31.4 Å². The van der Waals surface area contributed by atoms with E-state index in [1.807, 2.05) is 24.3 Å². The van der Waals surface area contributed by atoms with Gasteiger partial charge in [0.2, 0.25) is 0 Å². The van der Waals surface area contributed by atoms with E-state index in [1.165, 1.54) is 22.3 Å². The smallest absolute Gasteiger partial charge is 0.104 e. The number of nitrogens with zero attached hydrogens (tertiary/aromatic N) is 4. The summed E-state index contributed by atoms with van der Waals surface area (Å²) < 4.78 is 12.5. The summed E-state index contributed by atoms with van der Waals surface area (Å²) in [6.07, 6.45) is 0. The summed E-state index contributed by atoms with van der Waals surface area (Å²) >= 11 is 24.1. The van der Waals surface area contributed by atoms with Crippen molar-refractivity contribution < 1.29 is 9.47 Å². The van der Waals surface area contributed by atoms with E-state index in [2.05, 4.69) is 117 Å². The van der Waals surface area contributed by atoms with Crippen molar-refractivity contribution in [1.29, 1.82) is 0 Å². The van der Waals surface area contributed by atoms with Crippen LogP contribution in [0.5, 0.6) is 0 Å².